The van der Waals surface area contributed by atoms with Crippen molar-refractivity contribution < 1.29 is 48.9 Å². The van der Waals surface area contributed by atoms with Gasteiger partial charge in [0.15, 0.2) is 0 Å². The Morgan fingerprint density at radius 3 is 2.61 bits per heavy atom. The van der Waals surface area contributed by atoms with E-state index in [9.17, 15) is 23.1 Å². The molecule has 1 saturated carbocycles. The van der Waals surface area contributed by atoms with Gasteiger partial charge in [-0.1, -0.05) is 0 Å². The summed E-state index contributed by atoms with van der Waals surface area (Å²) in [6, 6.07) is 14.2. The van der Waals surface area contributed by atoms with E-state index in [1.807, 2.05) is 0 Å². The molecule has 6 nitrogen and oxygen atoms in total. The maximum atomic E-state index is 15.1. The van der Waals surface area contributed by atoms with Crippen molar-refractivity contribution >= 4 is 17.3 Å². The van der Waals surface area contributed by atoms with Crippen LogP contribution < -0.4 is 35.6 Å². The van der Waals surface area contributed by atoms with Crippen molar-refractivity contribution in [2.45, 2.75) is 44.0 Å². The molecule has 1 aliphatic carbocycles. The van der Waals surface area contributed by atoms with Gasteiger partial charge >= 0.3 is 246 Å². The average molecular weight is 679 g/mol. The number of benzene rings is 2. The second-order valence-electron chi connectivity index (χ2n) is 10.1. The number of halogens is 5. The molecule has 2 aromatic carbocycles. The van der Waals surface area contributed by atoms with Crippen LogP contribution in [-0.4, -0.2) is 22.2 Å². The first-order valence-corrected chi connectivity index (χ1v) is 15.3. The van der Waals surface area contributed by atoms with Gasteiger partial charge in [0.1, 0.15) is 0 Å². The van der Waals surface area contributed by atoms with Gasteiger partial charge in [0.05, 0.1) is 0 Å². The fourth-order valence-corrected chi connectivity index (χ4v) is 7.03. The number of allylic oxidation sites excluding steroid dienone is 2. The number of alkyl halides is 3. The van der Waals surface area contributed by atoms with E-state index in [-0.39, 0.29) is 17.9 Å². The zero-order valence-corrected chi connectivity index (χ0v) is 24.0. The first kappa shape index (κ1) is 29.2. The second kappa shape index (κ2) is 11.9. The Hall–Kier alpha value is -3.29. The van der Waals surface area contributed by atoms with E-state index in [0.717, 1.165) is 41.1 Å². The minimum atomic E-state index is -4.65. The fraction of sp³-hybridized carbons (Fsp3) is 0.267. The average Bonchev–Trinajstić information content (AvgIpc) is 3.81. The number of hydrogen-bond acceptors (Lipinski definition) is 5. The molecule has 41 heavy (non-hydrogen) atoms. The Morgan fingerprint density at radius 1 is 1.12 bits per heavy atom. The number of nitrogens with one attached hydrogen (secondary N) is 1. The summed E-state index contributed by atoms with van der Waals surface area (Å²) in [6.07, 6.45) is 2.55. The summed E-state index contributed by atoms with van der Waals surface area (Å²) in [5, 5.41) is 14.3. The van der Waals surface area contributed by atoms with Crippen LogP contribution in [0.25, 0.3) is 0 Å². The van der Waals surface area contributed by atoms with E-state index in [1.54, 1.807) is 48.8 Å². The summed E-state index contributed by atoms with van der Waals surface area (Å²) in [5.74, 6) is -1.18. The van der Waals surface area contributed by atoms with Crippen LogP contribution in [-0.2, 0) is 16.9 Å². The SMILES string of the molecule is NCc1cccc(N2[I-]C=C(C(F)(F)F)C=C2C(=O)Nc2cc(C(O)(CCC3CC3)c3cccnc3)ccc2F)c1. The van der Waals surface area contributed by atoms with Gasteiger partial charge in [-0.25, -0.2) is 0 Å². The normalized spacial score (nSPS) is 17.2. The molecule has 1 atom stereocenters. The fourth-order valence-electron chi connectivity index (χ4n) is 4.64. The topological polar surface area (TPSA) is 91.5 Å². The number of hydrogen-bond donors (Lipinski definition) is 3. The first-order chi connectivity index (χ1) is 19.6. The third kappa shape index (κ3) is 6.62. The van der Waals surface area contributed by atoms with Crippen LogP contribution in [0.4, 0.5) is 28.9 Å². The third-order valence-electron chi connectivity index (χ3n) is 7.14. The van der Waals surface area contributed by atoms with Crippen LogP contribution in [0, 0.1) is 11.7 Å². The molecule has 2 heterocycles. The molecular formula is C30H28F4IN4O2-. The second-order valence-corrected chi connectivity index (χ2v) is 12.2. The molecule has 0 bridgehead atoms. The molecule has 1 aliphatic heterocycles. The summed E-state index contributed by atoms with van der Waals surface area (Å²) in [7, 11) is 0. The summed E-state index contributed by atoms with van der Waals surface area (Å²) in [5.41, 5.74) is 4.93. The van der Waals surface area contributed by atoms with Crippen LogP contribution in [0.3, 0.4) is 0 Å². The van der Waals surface area contributed by atoms with E-state index in [2.05, 4.69) is 10.3 Å². The number of carbonyl (C=O) groups is 1. The van der Waals surface area contributed by atoms with Gasteiger partial charge in [-0.3, -0.25) is 0 Å². The number of anilines is 2. The predicted octanol–water partition coefficient (Wildman–Crippen LogP) is 2.90. The zero-order chi connectivity index (χ0) is 29.2. The molecule has 0 radical (unpaired) electrons. The van der Waals surface area contributed by atoms with Gasteiger partial charge in [0, 0.05) is 0 Å². The molecule has 4 N–H and O–H groups in total. The van der Waals surface area contributed by atoms with Crippen LogP contribution in [0.2, 0.25) is 0 Å². The number of amides is 1. The van der Waals surface area contributed by atoms with Crippen molar-refractivity contribution in [2.24, 2.45) is 11.7 Å². The Morgan fingerprint density at radius 2 is 1.93 bits per heavy atom. The molecule has 1 unspecified atom stereocenters. The van der Waals surface area contributed by atoms with Gasteiger partial charge in [0.25, 0.3) is 0 Å². The Kier molecular flexibility index (Phi) is 8.48. The van der Waals surface area contributed by atoms with Crippen molar-refractivity contribution in [3.8, 4) is 0 Å². The quantitative estimate of drug-likeness (QED) is 0.184. The van der Waals surface area contributed by atoms with Crippen molar-refractivity contribution in [1.82, 2.24) is 4.98 Å². The number of nitrogens with two attached hydrogens (primary N) is 1. The van der Waals surface area contributed by atoms with Crippen LogP contribution in [0.15, 0.2) is 88.4 Å². The standard InChI is InChI=1S/C30H28F4IN4O2/c31-25-9-8-21(29(41,11-10-19-6-7-19)22-4-2-12-37-18-22)14-26(25)38-28(40)27-15-23(30(32,33)34)16-35-39(27)24-5-1-3-20(13-24)17-36/h1-5,8-9,12-16,18-19,41H,6-7,10-11,17,36H2,(H,38,40)/q-1. The molecule has 5 rings (SSSR count). The van der Waals surface area contributed by atoms with E-state index in [0.29, 0.717) is 29.2 Å². The maximum absolute atomic E-state index is 15.1. The van der Waals surface area contributed by atoms with Gasteiger partial charge in [-0.05, 0) is 0 Å². The molecule has 216 valence electrons. The molecule has 3 aromatic rings. The van der Waals surface area contributed by atoms with Crippen molar-refractivity contribution in [3.05, 3.63) is 111 Å². The van der Waals surface area contributed by atoms with Gasteiger partial charge < -0.3 is 0 Å². The number of rotatable bonds is 9. The van der Waals surface area contributed by atoms with Crippen molar-refractivity contribution in [1.29, 1.82) is 0 Å². The van der Waals surface area contributed by atoms with Gasteiger partial charge in [-0.2, -0.15) is 0 Å². The van der Waals surface area contributed by atoms with E-state index >= 15 is 4.39 Å². The van der Waals surface area contributed by atoms with Crippen LogP contribution in [0.5, 0.6) is 0 Å². The zero-order valence-electron chi connectivity index (χ0n) is 21.8. The monoisotopic (exact) mass is 679 g/mol. The number of nitrogens with zero attached hydrogens (tertiary/aromatic N) is 2. The minimum absolute atomic E-state index is 0.216. The molecule has 2 aliphatic rings. The molecular weight excluding hydrogens is 651 g/mol. The summed E-state index contributed by atoms with van der Waals surface area (Å²) in [4.78, 5) is 17.6. The van der Waals surface area contributed by atoms with Crippen molar-refractivity contribution in [3.63, 3.8) is 0 Å². The van der Waals surface area contributed by atoms with Crippen LogP contribution in [0.1, 0.15) is 42.4 Å². The number of aromatic nitrogens is 1. The Labute approximate surface area is 245 Å². The summed E-state index contributed by atoms with van der Waals surface area (Å²) < 4.78 is 58.6. The molecule has 0 spiro atoms. The van der Waals surface area contributed by atoms with E-state index in [4.69, 9.17) is 5.73 Å². The molecule has 0 saturated heterocycles. The van der Waals surface area contributed by atoms with Crippen molar-refractivity contribution in [2.75, 3.05) is 8.43 Å². The number of aliphatic hydroxyl groups is 1. The summed E-state index contributed by atoms with van der Waals surface area (Å²) in [6.45, 7) is 0.216. The first-order valence-electron chi connectivity index (χ1n) is 13.0. The van der Waals surface area contributed by atoms with E-state index in [1.165, 1.54) is 15.2 Å². The van der Waals surface area contributed by atoms with Gasteiger partial charge in [-0.15, -0.1) is 0 Å². The predicted molar refractivity (Wildman–Crippen MR) is 143 cm³/mol. The summed E-state index contributed by atoms with van der Waals surface area (Å²) >= 11 is -1.43. The van der Waals surface area contributed by atoms with Crippen LogP contribution >= 0.6 is 0 Å². The molecule has 1 amide bonds. The number of pyridine rings is 1. The Balaban J connectivity index is 1.49. The molecule has 11 heteroatoms. The Bertz CT molecular complexity index is 1490. The van der Waals surface area contributed by atoms with Gasteiger partial charge in [0.2, 0.25) is 0 Å². The number of carbonyl (C=O) groups excluding carboxylic acids is 1. The molecule has 1 aromatic heterocycles. The molecule has 1 fully saturated rings. The van der Waals surface area contributed by atoms with E-state index < -0.39 is 50.6 Å². The third-order valence-corrected chi connectivity index (χ3v) is 9.73.